The summed E-state index contributed by atoms with van der Waals surface area (Å²) in [5, 5.41) is 9.06. The molecule has 4 nitrogen and oxygen atoms in total. The minimum Gasteiger partial charge on any atom is -0.394 e. The number of hydrogen-bond donors (Lipinski definition) is 2. The molecule has 18 heavy (non-hydrogen) atoms. The third-order valence-electron chi connectivity index (χ3n) is 3.17. The lowest BCUT2D eigenvalue weighted by Gasteiger charge is -2.32. The van der Waals surface area contributed by atoms with Crippen molar-refractivity contribution < 1.29 is 14.2 Å². The van der Waals surface area contributed by atoms with Gasteiger partial charge in [-0.25, -0.2) is 4.39 Å². The zero-order valence-corrected chi connectivity index (χ0v) is 10.3. The first-order chi connectivity index (χ1) is 8.72. The third-order valence-corrected chi connectivity index (χ3v) is 3.17. The van der Waals surface area contributed by atoms with Crippen LogP contribution in [0.5, 0.6) is 0 Å². The van der Waals surface area contributed by atoms with Crippen LogP contribution in [0.2, 0.25) is 0 Å². The highest BCUT2D eigenvalue weighted by molar-refractivity contribution is 5.24. The lowest BCUT2D eigenvalue weighted by atomic mass is 10.1. The molecule has 0 aromatic heterocycles. The second kappa shape index (κ2) is 6.24. The summed E-state index contributed by atoms with van der Waals surface area (Å²) >= 11 is 0. The van der Waals surface area contributed by atoms with Crippen LogP contribution in [-0.2, 0) is 17.8 Å². The van der Waals surface area contributed by atoms with E-state index < -0.39 is 0 Å². The Hall–Kier alpha value is -1.01. The number of ether oxygens (including phenoxy) is 1. The molecule has 3 N–H and O–H groups in total. The van der Waals surface area contributed by atoms with Gasteiger partial charge in [-0.15, -0.1) is 0 Å². The van der Waals surface area contributed by atoms with Gasteiger partial charge in [0.25, 0.3) is 0 Å². The Morgan fingerprint density at radius 1 is 1.50 bits per heavy atom. The number of hydrogen-bond acceptors (Lipinski definition) is 4. The molecule has 2 rings (SSSR count). The summed E-state index contributed by atoms with van der Waals surface area (Å²) in [5.41, 5.74) is 6.92. The molecule has 1 heterocycles. The van der Waals surface area contributed by atoms with Crippen LogP contribution in [0.15, 0.2) is 18.2 Å². The quantitative estimate of drug-likeness (QED) is 0.820. The normalized spacial score (nSPS) is 21.2. The van der Waals surface area contributed by atoms with Gasteiger partial charge < -0.3 is 15.6 Å². The Balaban J connectivity index is 2.00. The summed E-state index contributed by atoms with van der Waals surface area (Å²) in [4.78, 5) is 2.09. The first kappa shape index (κ1) is 13.4. The summed E-state index contributed by atoms with van der Waals surface area (Å²) < 4.78 is 19.2. The lowest BCUT2D eigenvalue weighted by Crippen LogP contribution is -2.43. The minimum absolute atomic E-state index is 0.00505. The molecular weight excluding hydrogens is 235 g/mol. The Labute approximate surface area is 106 Å². The number of morpholine rings is 1. The molecule has 1 aromatic carbocycles. The van der Waals surface area contributed by atoms with Gasteiger partial charge in [-0.1, -0.05) is 12.1 Å². The van der Waals surface area contributed by atoms with Crippen LogP contribution in [0, 0.1) is 5.82 Å². The number of aliphatic hydroxyl groups excluding tert-OH is 1. The monoisotopic (exact) mass is 254 g/mol. The molecule has 1 saturated heterocycles. The number of nitrogens with two attached hydrogens (primary N) is 1. The van der Waals surface area contributed by atoms with Gasteiger partial charge in [0, 0.05) is 31.7 Å². The van der Waals surface area contributed by atoms with E-state index >= 15 is 0 Å². The van der Waals surface area contributed by atoms with E-state index in [2.05, 4.69) is 4.90 Å². The zero-order chi connectivity index (χ0) is 13.0. The van der Waals surface area contributed by atoms with Gasteiger partial charge in [-0.05, 0) is 11.6 Å². The molecule has 0 radical (unpaired) electrons. The topological polar surface area (TPSA) is 58.7 Å². The molecule has 0 amide bonds. The Bertz CT molecular complexity index is 401. The fraction of sp³-hybridized carbons (Fsp3) is 0.538. The predicted octanol–water partition coefficient (Wildman–Crippen LogP) is 0.477. The lowest BCUT2D eigenvalue weighted by molar-refractivity contribution is -0.0553. The number of halogens is 1. The standard InChI is InChI=1S/C13H19FN2O2/c14-13-5-10(6-15)1-2-11(13)7-16-3-4-18-12(8-16)9-17/h1-2,5,12,17H,3-4,6-9,15H2. The van der Waals surface area contributed by atoms with Crippen LogP contribution in [0.4, 0.5) is 4.39 Å². The van der Waals surface area contributed by atoms with Crippen molar-refractivity contribution in [3.8, 4) is 0 Å². The third kappa shape index (κ3) is 3.26. The van der Waals surface area contributed by atoms with Crippen molar-refractivity contribution in [1.82, 2.24) is 4.90 Å². The molecule has 0 saturated carbocycles. The number of nitrogens with zero attached hydrogens (tertiary/aromatic N) is 1. The van der Waals surface area contributed by atoms with E-state index in [9.17, 15) is 4.39 Å². The highest BCUT2D eigenvalue weighted by Gasteiger charge is 2.20. The van der Waals surface area contributed by atoms with Crippen LogP contribution in [-0.4, -0.2) is 42.4 Å². The van der Waals surface area contributed by atoms with Crippen LogP contribution in [0.3, 0.4) is 0 Å². The summed E-state index contributed by atoms with van der Waals surface area (Å²) in [6.45, 7) is 2.86. The van der Waals surface area contributed by atoms with Gasteiger partial charge in [0.2, 0.25) is 0 Å². The van der Waals surface area contributed by atoms with E-state index in [1.165, 1.54) is 6.07 Å². The summed E-state index contributed by atoms with van der Waals surface area (Å²) in [6, 6.07) is 5.11. The van der Waals surface area contributed by atoms with Gasteiger partial charge in [0.05, 0.1) is 19.3 Å². The van der Waals surface area contributed by atoms with E-state index in [4.69, 9.17) is 15.6 Å². The maximum Gasteiger partial charge on any atom is 0.128 e. The van der Waals surface area contributed by atoms with Gasteiger partial charge in [0.1, 0.15) is 5.82 Å². The largest absolute Gasteiger partial charge is 0.394 e. The smallest absolute Gasteiger partial charge is 0.128 e. The van der Waals surface area contributed by atoms with Crippen molar-refractivity contribution in [2.24, 2.45) is 5.73 Å². The average Bonchev–Trinajstić information content (AvgIpc) is 2.41. The van der Waals surface area contributed by atoms with Crippen molar-refractivity contribution >= 4 is 0 Å². The molecule has 1 aromatic rings. The molecule has 0 bridgehead atoms. The highest BCUT2D eigenvalue weighted by atomic mass is 19.1. The van der Waals surface area contributed by atoms with Crippen LogP contribution < -0.4 is 5.73 Å². The van der Waals surface area contributed by atoms with Gasteiger partial charge in [-0.2, -0.15) is 0 Å². The maximum absolute atomic E-state index is 13.8. The van der Waals surface area contributed by atoms with Crippen molar-refractivity contribution in [3.63, 3.8) is 0 Å². The number of rotatable bonds is 4. The molecule has 1 aliphatic rings. The Morgan fingerprint density at radius 2 is 2.33 bits per heavy atom. The molecular formula is C13H19FN2O2. The van der Waals surface area contributed by atoms with E-state index in [1.807, 2.05) is 6.07 Å². The number of aliphatic hydroxyl groups is 1. The minimum atomic E-state index is -0.218. The first-order valence-corrected chi connectivity index (χ1v) is 6.15. The zero-order valence-electron chi connectivity index (χ0n) is 10.3. The van der Waals surface area contributed by atoms with Crippen LogP contribution >= 0.6 is 0 Å². The molecule has 0 spiro atoms. The van der Waals surface area contributed by atoms with E-state index in [1.54, 1.807) is 6.07 Å². The van der Waals surface area contributed by atoms with Gasteiger partial charge >= 0.3 is 0 Å². The molecule has 1 unspecified atom stereocenters. The van der Waals surface area contributed by atoms with Crippen molar-refractivity contribution in [3.05, 3.63) is 35.1 Å². The SMILES string of the molecule is NCc1ccc(CN2CCOC(CO)C2)c(F)c1. The average molecular weight is 254 g/mol. The first-order valence-electron chi connectivity index (χ1n) is 6.15. The molecule has 1 atom stereocenters. The molecule has 1 fully saturated rings. The summed E-state index contributed by atoms with van der Waals surface area (Å²) in [7, 11) is 0. The fourth-order valence-electron chi connectivity index (χ4n) is 2.12. The molecule has 1 aliphatic heterocycles. The fourth-order valence-corrected chi connectivity index (χ4v) is 2.12. The van der Waals surface area contributed by atoms with E-state index in [-0.39, 0.29) is 18.5 Å². The maximum atomic E-state index is 13.8. The van der Waals surface area contributed by atoms with Gasteiger partial charge in [-0.3, -0.25) is 4.90 Å². The van der Waals surface area contributed by atoms with Gasteiger partial charge in [0.15, 0.2) is 0 Å². The van der Waals surface area contributed by atoms with Crippen LogP contribution in [0.25, 0.3) is 0 Å². The van der Waals surface area contributed by atoms with Crippen molar-refractivity contribution in [1.29, 1.82) is 0 Å². The number of benzene rings is 1. The second-order valence-electron chi connectivity index (χ2n) is 4.54. The molecule has 5 heteroatoms. The summed E-state index contributed by atoms with van der Waals surface area (Å²) in [5.74, 6) is -0.218. The van der Waals surface area contributed by atoms with Crippen LogP contribution in [0.1, 0.15) is 11.1 Å². The second-order valence-corrected chi connectivity index (χ2v) is 4.54. The summed E-state index contributed by atoms with van der Waals surface area (Å²) in [6.07, 6.45) is -0.162. The van der Waals surface area contributed by atoms with Crippen molar-refractivity contribution in [2.45, 2.75) is 19.2 Å². The van der Waals surface area contributed by atoms with E-state index in [0.29, 0.717) is 31.8 Å². The Kier molecular flexibility index (Phi) is 4.66. The van der Waals surface area contributed by atoms with Crippen molar-refractivity contribution in [2.75, 3.05) is 26.3 Å². The highest BCUT2D eigenvalue weighted by Crippen LogP contribution is 2.15. The molecule has 100 valence electrons. The van der Waals surface area contributed by atoms with E-state index in [0.717, 1.165) is 12.1 Å². The molecule has 0 aliphatic carbocycles. The Morgan fingerprint density at radius 3 is 3.00 bits per heavy atom. The predicted molar refractivity (Wildman–Crippen MR) is 66.4 cm³/mol.